The number of aromatic amines is 1. The number of aromatic nitrogens is 3. The lowest BCUT2D eigenvalue weighted by atomic mass is 9.94. The van der Waals surface area contributed by atoms with E-state index in [0.29, 0.717) is 29.3 Å². The van der Waals surface area contributed by atoms with E-state index in [4.69, 9.17) is 4.74 Å². The van der Waals surface area contributed by atoms with Crippen LogP contribution in [0.25, 0.3) is 22.2 Å². The molecule has 0 aliphatic rings. The normalized spacial score (nSPS) is 12.8. The molecule has 3 heterocycles. The number of aryl methyl sites for hydroxylation is 2. The largest absolute Gasteiger partial charge is 0.487 e. The van der Waals surface area contributed by atoms with E-state index < -0.39 is 23.6 Å². The highest BCUT2D eigenvalue weighted by Gasteiger charge is 2.32. The van der Waals surface area contributed by atoms with Crippen LogP contribution >= 0.6 is 11.8 Å². The second-order valence-electron chi connectivity index (χ2n) is 12.0. The summed E-state index contributed by atoms with van der Waals surface area (Å²) in [4.78, 5) is 25.5. The van der Waals surface area contributed by atoms with E-state index in [9.17, 15) is 23.1 Å². The topological polar surface area (TPSA) is 88.1 Å². The maximum atomic E-state index is 13.0. The molecule has 2 aromatic carbocycles. The number of halogens is 3. The number of pyridine rings is 2. The van der Waals surface area contributed by atoms with Gasteiger partial charge in [0.25, 0.3) is 0 Å². The van der Waals surface area contributed by atoms with Gasteiger partial charge in [-0.3, -0.25) is 14.8 Å². The highest BCUT2D eigenvalue weighted by Crippen LogP contribution is 2.45. The minimum Gasteiger partial charge on any atom is -0.487 e. The molecule has 2 N–H and O–H groups in total. The third-order valence-electron chi connectivity index (χ3n) is 7.31. The molecule has 0 amide bonds. The van der Waals surface area contributed by atoms with Crippen molar-refractivity contribution in [2.75, 3.05) is 0 Å². The van der Waals surface area contributed by atoms with Gasteiger partial charge in [-0.15, -0.1) is 11.8 Å². The lowest BCUT2D eigenvalue weighted by Gasteiger charge is -2.21. The third-order valence-corrected chi connectivity index (χ3v) is 8.55. The molecular formula is C35H34F3N3O3S. The van der Waals surface area contributed by atoms with Crippen molar-refractivity contribution in [1.29, 1.82) is 0 Å². The zero-order valence-electron chi connectivity index (χ0n) is 25.6. The van der Waals surface area contributed by atoms with Gasteiger partial charge in [0, 0.05) is 49.8 Å². The van der Waals surface area contributed by atoms with Gasteiger partial charge in [0.1, 0.15) is 18.3 Å². The van der Waals surface area contributed by atoms with Crippen LogP contribution in [0.4, 0.5) is 13.2 Å². The van der Waals surface area contributed by atoms with Crippen LogP contribution in [-0.2, 0) is 24.0 Å². The van der Waals surface area contributed by atoms with E-state index in [1.165, 1.54) is 6.07 Å². The van der Waals surface area contributed by atoms with Gasteiger partial charge in [0.15, 0.2) is 0 Å². The molecule has 5 aromatic rings. The Kier molecular flexibility index (Phi) is 8.98. The molecule has 0 radical (unpaired) electrons. The summed E-state index contributed by atoms with van der Waals surface area (Å²) in [5.41, 5.74) is 5.04. The van der Waals surface area contributed by atoms with E-state index in [1.54, 1.807) is 36.2 Å². The summed E-state index contributed by atoms with van der Waals surface area (Å²) in [6.07, 6.45) is -1.71. The Hall–Kier alpha value is -4.31. The van der Waals surface area contributed by atoms with Crippen LogP contribution in [0, 0.1) is 13.8 Å². The number of alkyl halides is 3. The molecule has 0 bridgehead atoms. The number of hydrogen-bond donors (Lipinski definition) is 2. The molecule has 1 unspecified atom stereocenters. The molecule has 45 heavy (non-hydrogen) atoms. The van der Waals surface area contributed by atoms with E-state index >= 15 is 0 Å². The van der Waals surface area contributed by atoms with Gasteiger partial charge >= 0.3 is 12.1 Å². The van der Waals surface area contributed by atoms with Gasteiger partial charge in [-0.1, -0.05) is 45.0 Å². The van der Waals surface area contributed by atoms with E-state index in [2.05, 4.69) is 35.7 Å². The number of nitrogens with zero attached hydrogens (tertiary/aromatic N) is 2. The number of fused-ring (bicyclic) bond motifs is 1. The third kappa shape index (κ3) is 7.50. The number of thioether (sulfide) groups is 1. The van der Waals surface area contributed by atoms with E-state index in [-0.39, 0.29) is 11.2 Å². The first-order chi connectivity index (χ1) is 21.2. The minimum absolute atomic E-state index is 0.163. The number of nitrogens with one attached hydrogen (secondary N) is 1. The Morgan fingerprint density at radius 3 is 2.40 bits per heavy atom. The molecule has 0 saturated heterocycles. The summed E-state index contributed by atoms with van der Waals surface area (Å²) in [6, 6.07) is 17.1. The molecule has 234 valence electrons. The van der Waals surface area contributed by atoms with Crippen molar-refractivity contribution in [2.24, 2.45) is 0 Å². The molecule has 0 saturated carbocycles. The van der Waals surface area contributed by atoms with Crippen LogP contribution in [-0.4, -0.2) is 30.8 Å². The van der Waals surface area contributed by atoms with Gasteiger partial charge in [-0.2, -0.15) is 13.2 Å². The molecular weight excluding hydrogens is 599 g/mol. The molecule has 0 aliphatic carbocycles. The van der Waals surface area contributed by atoms with Crippen molar-refractivity contribution in [1.82, 2.24) is 15.0 Å². The number of hydrogen-bond acceptors (Lipinski definition) is 5. The first-order valence-corrected chi connectivity index (χ1v) is 15.2. The minimum atomic E-state index is -4.48. The van der Waals surface area contributed by atoms with Gasteiger partial charge < -0.3 is 14.8 Å². The summed E-state index contributed by atoms with van der Waals surface area (Å²) in [5.74, 6) is -1.22. The fourth-order valence-electron chi connectivity index (χ4n) is 5.11. The van der Waals surface area contributed by atoms with E-state index in [0.717, 1.165) is 50.4 Å². The van der Waals surface area contributed by atoms with Crippen LogP contribution < -0.4 is 4.74 Å². The standard InChI is InChI=1S/C35H34F3N3O3S/c1-20-9-11-25(39-17-20)19-44-29-14-13-28-30(21(29)2)32(45-34(3,4)5)31(41-28)26(33(42)43)16-22-7-6-8-23(15-22)27-12-10-24(18-40-27)35(36,37)38/h6-15,17-18,26,41H,16,19H2,1-5H3,(H,42,43). The van der Waals surface area contributed by atoms with Gasteiger partial charge in [-0.25, -0.2) is 0 Å². The van der Waals surface area contributed by atoms with Gasteiger partial charge in [0.2, 0.25) is 0 Å². The lowest BCUT2D eigenvalue weighted by Crippen LogP contribution is -2.17. The van der Waals surface area contributed by atoms with Crippen molar-refractivity contribution in [3.05, 3.63) is 107 Å². The second kappa shape index (κ2) is 12.6. The Morgan fingerprint density at radius 2 is 1.78 bits per heavy atom. The van der Waals surface area contributed by atoms with Crippen molar-refractivity contribution in [3.8, 4) is 17.0 Å². The summed E-state index contributed by atoms with van der Waals surface area (Å²) < 4.78 is 45.1. The average molecular weight is 634 g/mol. The predicted octanol–water partition coefficient (Wildman–Crippen LogP) is 9.14. The second-order valence-corrected chi connectivity index (χ2v) is 13.9. The van der Waals surface area contributed by atoms with Crippen molar-refractivity contribution in [2.45, 2.75) is 69.4 Å². The van der Waals surface area contributed by atoms with Crippen LogP contribution in [0.3, 0.4) is 0 Å². The predicted molar refractivity (Wildman–Crippen MR) is 171 cm³/mol. The lowest BCUT2D eigenvalue weighted by molar-refractivity contribution is -0.139. The monoisotopic (exact) mass is 633 g/mol. The molecule has 10 heteroatoms. The first kappa shape index (κ1) is 32.1. The molecule has 3 aromatic heterocycles. The number of benzene rings is 2. The number of aliphatic carboxylic acids is 1. The molecule has 0 fully saturated rings. The summed E-state index contributed by atoms with van der Waals surface area (Å²) in [7, 11) is 0. The average Bonchev–Trinajstić information content (AvgIpc) is 3.33. The van der Waals surface area contributed by atoms with Crippen LogP contribution in [0.1, 0.15) is 60.3 Å². The highest BCUT2D eigenvalue weighted by molar-refractivity contribution is 8.00. The fourth-order valence-corrected chi connectivity index (χ4v) is 6.39. The highest BCUT2D eigenvalue weighted by atomic mass is 32.2. The van der Waals surface area contributed by atoms with Gasteiger partial charge in [-0.05, 0) is 67.8 Å². The number of ether oxygens (including phenoxy) is 1. The number of carboxylic acids is 1. The molecule has 0 aliphatic heterocycles. The summed E-state index contributed by atoms with van der Waals surface area (Å²) >= 11 is 1.60. The number of H-pyrrole nitrogens is 1. The maximum absolute atomic E-state index is 13.0. The Balaban J connectivity index is 1.50. The quantitative estimate of drug-likeness (QED) is 0.157. The van der Waals surface area contributed by atoms with Crippen molar-refractivity contribution in [3.63, 3.8) is 0 Å². The zero-order chi connectivity index (χ0) is 32.5. The van der Waals surface area contributed by atoms with Gasteiger partial charge in [0.05, 0.1) is 17.0 Å². The molecule has 5 rings (SSSR count). The Labute approximate surface area is 264 Å². The number of carboxylic acid groups (broad SMARTS) is 1. The summed E-state index contributed by atoms with van der Waals surface area (Å²) in [5, 5.41) is 11.4. The first-order valence-electron chi connectivity index (χ1n) is 14.4. The Morgan fingerprint density at radius 1 is 1.00 bits per heavy atom. The van der Waals surface area contributed by atoms with Crippen LogP contribution in [0.2, 0.25) is 0 Å². The van der Waals surface area contributed by atoms with Crippen molar-refractivity contribution < 1.29 is 27.8 Å². The molecule has 0 spiro atoms. The number of rotatable bonds is 9. The Bertz CT molecular complexity index is 1830. The SMILES string of the molecule is Cc1ccc(COc2ccc3[nH]c(C(Cc4cccc(-c5ccc(C(F)(F)F)cn5)c4)C(=O)O)c(SC(C)(C)C)c3c2C)nc1. The van der Waals surface area contributed by atoms with E-state index in [1.807, 2.05) is 44.2 Å². The number of carbonyl (C=O) groups is 1. The summed E-state index contributed by atoms with van der Waals surface area (Å²) in [6.45, 7) is 10.5. The fraction of sp³-hybridized carbons (Fsp3) is 0.286. The smallest absolute Gasteiger partial charge is 0.417 e. The molecule has 6 nitrogen and oxygen atoms in total. The van der Waals surface area contributed by atoms with Crippen LogP contribution in [0.15, 0.2) is 78.0 Å². The van der Waals surface area contributed by atoms with Crippen molar-refractivity contribution >= 4 is 28.6 Å². The maximum Gasteiger partial charge on any atom is 0.417 e. The zero-order valence-corrected chi connectivity index (χ0v) is 26.4. The van der Waals surface area contributed by atoms with Crippen LogP contribution in [0.5, 0.6) is 5.75 Å². The molecule has 1 atom stereocenters.